The van der Waals surface area contributed by atoms with Crippen molar-refractivity contribution in [3.05, 3.63) is 58.1 Å². The van der Waals surface area contributed by atoms with Crippen LogP contribution in [0.3, 0.4) is 0 Å². The first-order chi connectivity index (χ1) is 14.3. The minimum atomic E-state index is -0.496. The minimum absolute atomic E-state index is 0.0431. The molecule has 2 heterocycles. The van der Waals surface area contributed by atoms with Gasteiger partial charge in [0.25, 0.3) is 11.1 Å². The normalized spacial score (nSPS) is 15.2. The molecule has 7 nitrogen and oxygen atoms in total. The van der Waals surface area contributed by atoms with Crippen LogP contribution < -0.4 is 5.32 Å². The van der Waals surface area contributed by atoms with Crippen LogP contribution in [-0.2, 0) is 9.59 Å². The molecule has 1 aromatic carbocycles. The maximum atomic E-state index is 13.8. The van der Waals surface area contributed by atoms with Gasteiger partial charge in [0.2, 0.25) is 5.91 Å². The third-order valence-electron chi connectivity index (χ3n) is 4.02. The van der Waals surface area contributed by atoms with E-state index in [1.54, 1.807) is 25.1 Å². The van der Waals surface area contributed by atoms with Gasteiger partial charge in [-0.15, -0.1) is 0 Å². The van der Waals surface area contributed by atoms with Crippen LogP contribution in [-0.4, -0.2) is 50.8 Å². The van der Waals surface area contributed by atoms with Crippen molar-refractivity contribution in [2.45, 2.75) is 18.9 Å². The molecule has 1 aliphatic heterocycles. The number of carbonyl (C=O) groups excluding carboxylic acids is 3. The third kappa shape index (κ3) is 5.67. The predicted octanol–water partition coefficient (Wildman–Crippen LogP) is 3.18. The molecule has 0 radical (unpaired) electrons. The molecule has 1 aromatic heterocycles. The summed E-state index contributed by atoms with van der Waals surface area (Å²) in [5, 5.41) is 2.95. The van der Waals surface area contributed by atoms with Gasteiger partial charge in [0.15, 0.2) is 0 Å². The van der Waals surface area contributed by atoms with Gasteiger partial charge < -0.3 is 5.32 Å². The monoisotopic (exact) mass is 446 g/mol. The first kappa shape index (κ1) is 22.0. The fraction of sp³-hybridized carbons (Fsp3) is 0.250. The van der Waals surface area contributed by atoms with Crippen LogP contribution >= 0.6 is 23.5 Å². The number of nitrogens with zero attached hydrogens (tertiary/aromatic N) is 3. The number of thioether (sulfide) groups is 2. The fourth-order valence-corrected chi connectivity index (χ4v) is 4.37. The van der Waals surface area contributed by atoms with E-state index in [1.807, 2.05) is 6.92 Å². The Morgan fingerprint density at radius 1 is 1.27 bits per heavy atom. The highest BCUT2D eigenvalue weighted by atomic mass is 32.2. The van der Waals surface area contributed by atoms with Crippen LogP contribution in [0.15, 0.2) is 40.3 Å². The lowest BCUT2D eigenvalue weighted by molar-refractivity contribution is -0.123. The summed E-state index contributed by atoms with van der Waals surface area (Å²) in [5.41, 5.74) is 1.07. The second-order valence-corrected chi connectivity index (χ2v) is 8.38. The van der Waals surface area contributed by atoms with Gasteiger partial charge in [-0.1, -0.05) is 30.0 Å². The molecule has 1 N–H and O–H groups in total. The highest BCUT2D eigenvalue weighted by Crippen LogP contribution is 2.32. The van der Waals surface area contributed by atoms with Crippen molar-refractivity contribution in [1.82, 2.24) is 20.2 Å². The van der Waals surface area contributed by atoms with Crippen molar-refractivity contribution in [2.24, 2.45) is 0 Å². The molecule has 0 aliphatic carbocycles. The zero-order valence-electron chi connectivity index (χ0n) is 16.3. The van der Waals surface area contributed by atoms with Crippen molar-refractivity contribution in [3.8, 4) is 0 Å². The summed E-state index contributed by atoms with van der Waals surface area (Å²) in [6, 6.07) is 7.81. The number of nitrogens with one attached hydrogen (secondary N) is 1. The molecule has 30 heavy (non-hydrogen) atoms. The molecule has 1 aliphatic rings. The van der Waals surface area contributed by atoms with E-state index < -0.39 is 17.0 Å². The number of amides is 3. The van der Waals surface area contributed by atoms with Crippen LogP contribution in [0.4, 0.5) is 9.18 Å². The number of imide groups is 1. The van der Waals surface area contributed by atoms with E-state index in [9.17, 15) is 18.8 Å². The van der Waals surface area contributed by atoms with E-state index in [2.05, 4.69) is 15.3 Å². The summed E-state index contributed by atoms with van der Waals surface area (Å²) in [4.78, 5) is 46.3. The molecule has 0 saturated carbocycles. The summed E-state index contributed by atoms with van der Waals surface area (Å²) in [5.74, 6) is -0.402. The molecule has 0 spiro atoms. The summed E-state index contributed by atoms with van der Waals surface area (Å²) >= 11 is 2.04. The zero-order valence-corrected chi connectivity index (χ0v) is 18.0. The van der Waals surface area contributed by atoms with E-state index in [-0.39, 0.29) is 35.2 Å². The average molecular weight is 447 g/mol. The number of aromatic nitrogens is 2. The highest BCUT2D eigenvalue weighted by Gasteiger charge is 2.34. The van der Waals surface area contributed by atoms with Crippen molar-refractivity contribution in [1.29, 1.82) is 0 Å². The summed E-state index contributed by atoms with van der Waals surface area (Å²) in [7, 11) is 0. The van der Waals surface area contributed by atoms with Gasteiger partial charge in [0, 0.05) is 24.3 Å². The minimum Gasteiger partial charge on any atom is -0.354 e. The van der Waals surface area contributed by atoms with E-state index in [0.717, 1.165) is 22.4 Å². The summed E-state index contributed by atoms with van der Waals surface area (Å²) in [6.45, 7) is 3.82. The van der Waals surface area contributed by atoms with E-state index in [0.29, 0.717) is 10.9 Å². The van der Waals surface area contributed by atoms with Gasteiger partial charge in [0.05, 0.1) is 10.7 Å². The van der Waals surface area contributed by atoms with Gasteiger partial charge in [-0.3, -0.25) is 19.3 Å². The van der Waals surface area contributed by atoms with Crippen molar-refractivity contribution in [3.63, 3.8) is 0 Å². The Morgan fingerprint density at radius 3 is 2.77 bits per heavy atom. The second kappa shape index (κ2) is 9.86. The molecular weight excluding hydrogens is 427 g/mol. The quantitative estimate of drug-likeness (QED) is 0.397. The molecule has 0 bridgehead atoms. The number of rotatable bonds is 7. The molecule has 3 rings (SSSR count). The number of carbonyl (C=O) groups is 3. The van der Waals surface area contributed by atoms with Crippen LogP contribution in [0.1, 0.15) is 17.1 Å². The van der Waals surface area contributed by atoms with Gasteiger partial charge in [-0.05, 0) is 43.8 Å². The van der Waals surface area contributed by atoms with Gasteiger partial charge in [0.1, 0.15) is 16.7 Å². The lowest BCUT2D eigenvalue weighted by Gasteiger charge is -2.13. The Hall–Kier alpha value is -2.72. The number of hydrogen-bond acceptors (Lipinski definition) is 7. The first-order valence-corrected chi connectivity index (χ1v) is 10.9. The topological polar surface area (TPSA) is 92.3 Å². The predicted molar refractivity (Wildman–Crippen MR) is 114 cm³/mol. The van der Waals surface area contributed by atoms with Crippen LogP contribution in [0, 0.1) is 19.7 Å². The molecule has 1 fully saturated rings. The largest absolute Gasteiger partial charge is 0.354 e. The van der Waals surface area contributed by atoms with E-state index in [4.69, 9.17) is 0 Å². The molecular formula is C20H19FN4O3S2. The smallest absolute Gasteiger partial charge is 0.293 e. The lowest BCUT2D eigenvalue weighted by Crippen LogP contribution is -2.37. The van der Waals surface area contributed by atoms with E-state index >= 15 is 0 Å². The Kier molecular flexibility index (Phi) is 7.22. The molecule has 0 unspecified atom stereocenters. The molecule has 2 aromatic rings. The summed E-state index contributed by atoms with van der Waals surface area (Å²) in [6.07, 6.45) is 1.36. The zero-order chi connectivity index (χ0) is 21.7. The Labute approximate surface area is 181 Å². The van der Waals surface area contributed by atoms with E-state index in [1.165, 1.54) is 30.0 Å². The Bertz CT molecular complexity index is 1010. The standard InChI is InChI=1S/C20H19FN4O3S2/c1-12-9-18(24-13(2)23-12)29-11-17(26)22-7-8-25-19(27)16(30-20(25)28)10-14-5-3-4-6-15(14)21/h3-6,9-10H,7-8,11H2,1-2H3,(H,22,26)/b16-10-. The molecule has 156 valence electrons. The SMILES string of the molecule is Cc1cc(SCC(=O)NCCN2C(=O)S/C(=C\c3ccccc3F)C2=O)nc(C)n1. The van der Waals surface area contributed by atoms with Gasteiger partial charge in [-0.25, -0.2) is 14.4 Å². The maximum absolute atomic E-state index is 13.8. The first-order valence-electron chi connectivity index (χ1n) is 9.05. The highest BCUT2D eigenvalue weighted by molar-refractivity contribution is 8.18. The van der Waals surface area contributed by atoms with Crippen LogP contribution in [0.2, 0.25) is 0 Å². The van der Waals surface area contributed by atoms with Gasteiger partial charge >= 0.3 is 0 Å². The summed E-state index contributed by atoms with van der Waals surface area (Å²) < 4.78 is 13.8. The third-order valence-corrected chi connectivity index (χ3v) is 5.84. The van der Waals surface area contributed by atoms with Crippen molar-refractivity contribution >= 4 is 46.7 Å². The van der Waals surface area contributed by atoms with Crippen molar-refractivity contribution < 1.29 is 18.8 Å². The van der Waals surface area contributed by atoms with Crippen LogP contribution in [0.5, 0.6) is 0 Å². The second-order valence-electron chi connectivity index (χ2n) is 6.39. The van der Waals surface area contributed by atoms with Crippen molar-refractivity contribution in [2.75, 3.05) is 18.8 Å². The molecule has 3 amide bonds. The number of halogens is 1. The molecule has 1 saturated heterocycles. The molecule has 10 heteroatoms. The van der Waals surface area contributed by atoms with Crippen LogP contribution in [0.25, 0.3) is 6.08 Å². The number of hydrogen-bond donors (Lipinski definition) is 1. The molecule has 0 atom stereocenters. The van der Waals surface area contributed by atoms with Gasteiger partial charge in [-0.2, -0.15) is 0 Å². The average Bonchev–Trinajstić information content (AvgIpc) is 2.95. The fourth-order valence-electron chi connectivity index (χ4n) is 2.68. The lowest BCUT2D eigenvalue weighted by atomic mass is 10.2. The number of aryl methyl sites for hydroxylation is 2. The Balaban J connectivity index is 1.49. The Morgan fingerprint density at radius 2 is 2.03 bits per heavy atom. The number of benzene rings is 1. The maximum Gasteiger partial charge on any atom is 0.293 e.